The van der Waals surface area contributed by atoms with E-state index in [0.717, 1.165) is 6.92 Å². The van der Waals surface area contributed by atoms with Crippen LogP contribution >= 0.6 is 7.92 Å². The lowest BCUT2D eigenvalue weighted by atomic mass is 10.3. The Hall–Kier alpha value is -2.09. The van der Waals surface area contributed by atoms with Gasteiger partial charge < -0.3 is 0 Å². The van der Waals surface area contributed by atoms with Gasteiger partial charge in [0.2, 0.25) is 11.6 Å². The zero-order chi connectivity index (χ0) is 20.1. The van der Waals surface area contributed by atoms with Gasteiger partial charge in [0.05, 0.1) is 10.6 Å². The van der Waals surface area contributed by atoms with Crippen molar-refractivity contribution in [1.82, 2.24) is 0 Å². The zero-order valence-corrected chi connectivity index (χ0v) is 13.3. The van der Waals surface area contributed by atoms with Crippen molar-refractivity contribution < 1.29 is 43.9 Å². The lowest BCUT2D eigenvalue weighted by Gasteiger charge is -2.22. The molecule has 2 rings (SSSR count). The minimum Gasteiger partial charge on any atom is -0.203 e. The molecule has 0 N–H and O–H groups in total. The van der Waals surface area contributed by atoms with E-state index in [4.69, 9.17) is 0 Å². The van der Waals surface area contributed by atoms with Crippen molar-refractivity contribution in [1.29, 1.82) is 0 Å². The quantitative estimate of drug-likeness (QED) is 0.290. The molecule has 140 valence electrons. The second-order valence-corrected chi connectivity index (χ2v) is 7.24. The molecule has 0 bridgehead atoms. The van der Waals surface area contributed by atoms with Gasteiger partial charge in [0.1, 0.15) is 0 Å². The molecule has 0 saturated heterocycles. The highest BCUT2D eigenvalue weighted by molar-refractivity contribution is 7.76. The van der Waals surface area contributed by atoms with Crippen LogP contribution in [0.3, 0.4) is 0 Å². The van der Waals surface area contributed by atoms with Crippen LogP contribution in [0.2, 0.25) is 0 Å². The number of rotatable bonds is 3. The summed E-state index contributed by atoms with van der Waals surface area (Å²) in [7, 11) is -3.37. The number of benzene rings is 2. The van der Waals surface area contributed by atoms with E-state index in [1.807, 2.05) is 0 Å². The molecular weight excluding hydrogens is 401 g/mol. The summed E-state index contributed by atoms with van der Waals surface area (Å²) in [5.41, 5.74) is 0. The standard InChI is InChI=1S/C15H5F10P/c1-3(2)26(14-10(22)6(18)4(16)7(19)11(14)23)15-12(24)8(20)5(17)9(21)13(15)25/h1H2,2H3. The topological polar surface area (TPSA) is 0 Å². The average Bonchev–Trinajstić information content (AvgIpc) is 2.60. The summed E-state index contributed by atoms with van der Waals surface area (Å²) in [4.78, 5) is 0. The molecule has 2 aromatic rings. The summed E-state index contributed by atoms with van der Waals surface area (Å²) >= 11 is 0. The number of hydrogen-bond donors (Lipinski definition) is 0. The first-order valence-corrected chi connectivity index (χ1v) is 7.76. The van der Waals surface area contributed by atoms with E-state index in [0.29, 0.717) is 0 Å². The van der Waals surface area contributed by atoms with Crippen molar-refractivity contribution in [3.8, 4) is 0 Å². The van der Waals surface area contributed by atoms with Gasteiger partial charge in [-0.05, 0) is 20.2 Å². The van der Waals surface area contributed by atoms with Crippen LogP contribution in [0.5, 0.6) is 0 Å². The summed E-state index contributed by atoms with van der Waals surface area (Å²) in [6.07, 6.45) is 0. The molecular formula is C15H5F10P. The first-order chi connectivity index (χ1) is 11.9. The van der Waals surface area contributed by atoms with Crippen molar-refractivity contribution in [2.24, 2.45) is 0 Å². The summed E-state index contributed by atoms with van der Waals surface area (Å²) in [6.45, 7) is 4.00. The molecule has 0 amide bonds. The molecule has 0 aromatic heterocycles. The molecule has 0 aliphatic carbocycles. The Balaban J connectivity index is 2.99. The Morgan fingerprint density at radius 1 is 0.500 bits per heavy atom. The molecule has 2 aromatic carbocycles. The lowest BCUT2D eigenvalue weighted by Crippen LogP contribution is -2.28. The molecule has 0 fully saturated rings. The van der Waals surface area contributed by atoms with Crippen LogP contribution in [0.1, 0.15) is 6.92 Å². The van der Waals surface area contributed by atoms with Crippen molar-refractivity contribution in [2.45, 2.75) is 6.92 Å². The van der Waals surface area contributed by atoms with E-state index in [-0.39, 0.29) is 0 Å². The van der Waals surface area contributed by atoms with Gasteiger partial charge in [-0.1, -0.05) is 6.58 Å². The molecule has 0 aliphatic heterocycles. The van der Waals surface area contributed by atoms with Crippen LogP contribution in [0.15, 0.2) is 11.9 Å². The summed E-state index contributed by atoms with van der Waals surface area (Å²) in [5.74, 6) is -24.7. The van der Waals surface area contributed by atoms with Gasteiger partial charge >= 0.3 is 0 Å². The predicted molar refractivity (Wildman–Crippen MR) is 73.5 cm³/mol. The lowest BCUT2D eigenvalue weighted by molar-refractivity contribution is 0.383. The third kappa shape index (κ3) is 2.86. The first kappa shape index (κ1) is 20.2. The first-order valence-electron chi connectivity index (χ1n) is 6.41. The Morgan fingerprint density at radius 2 is 0.692 bits per heavy atom. The maximum Gasteiger partial charge on any atom is 0.200 e. The van der Waals surface area contributed by atoms with E-state index < -0.39 is 82.0 Å². The van der Waals surface area contributed by atoms with Crippen molar-refractivity contribution in [2.75, 3.05) is 0 Å². The molecule has 0 heterocycles. The second kappa shape index (κ2) is 6.90. The smallest absolute Gasteiger partial charge is 0.200 e. The fourth-order valence-corrected chi connectivity index (χ4v) is 4.24. The molecule has 11 heteroatoms. The van der Waals surface area contributed by atoms with Gasteiger partial charge in [-0.25, -0.2) is 43.9 Å². The molecule has 0 saturated carbocycles. The second-order valence-electron chi connectivity index (χ2n) is 4.91. The van der Waals surface area contributed by atoms with Crippen molar-refractivity contribution in [3.05, 3.63) is 70.1 Å². The molecule has 0 aliphatic rings. The summed E-state index contributed by atoms with van der Waals surface area (Å²) < 4.78 is 136. The third-order valence-corrected chi connectivity index (χ3v) is 5.65. The average molecular weight is 406 g/mol. The minimum atomic E-state index is -3.37. The fourth-order valence-electron chi connectivity index (χ4n) is 2.07. The maximum atomic E-state index is 14.0. The number of halogens is 10. The summed E-state index contributed by atoms with van der Waals surface area (Å²) in [6, 6.07) is 0. The van der Waals surface area contributed by atoms with Crippen LogP contribution in [0.4, 0.5) is 43.9 Å². The van der Waals surface area contributed by atoms with Gasteiger partial charge in [-0.15, -0.1) is 0 Å². The van der Waals surface area contributed by atoms with E-state index in [1.54, 1.807) is 0 Å². The normalized spacial score (nSPS) is 11.4. The summed E-state index contributed by atoms with van der Waals surface area (Å²) in [5, 5.41) is -4.04. The van der Waals surface area contributed by atoms with E-state index >= 15 is 0 Å². The van der Waals surface area contributed by atoms with Gasteiger partial charge in [0.15, 0.2) is 46.5 Å². The highest BCUT2D eigenvalue weighted by atomic mass is 31.1. The highest BCUT2D eigenvalue weighted by Crippen LogP contribution is 2.46. The molecule has 0 radical (unpaired) electrons. The minimum absolute atomic E-state index is 0.577. The molecule has 26 heavy (non-hydrogen) atoms. The van der Waals surface area contributed by atoms with Crippen molar-refractivity contribution >= 4 is 18.5 Å². The molecule has 0 atom stereocenters. The van der Waals surface area contributed by atoms with Gasteiger partial charge in [0.25, 0.3) is 0 Å². The number of allylic oxidation sites excluding steroid dienone is 1. The van der Waals surface area contributed by atoms with Crippen LogP contribution in [0.25, 0.3) is 0 Å². The van der Waals surface area contributed by atoms with Gasteiger partial charge in [0, 0.05) is 0 Å². The number of hydrogen-bond acceptors (Lipinski definition) is 0. The third-order valence-electron chi connectivity index (χ3n) is 3.20. The van der Waals surface area contributed by atoms with E-state index in [9.17, 15) is 43.9 Å². The van der Waals surface area contributed by atoms with Crippen LogP contribution < -0.4 is 10.6 Å². The maximum absolute atomic E-state index is 14.0. The van der Waals surface area contributed by atoms with E-state index in [2.05, 4.69) is 6.58 Å². The Bertz CT molecular complexity index is 809. The van der Waals surface area contributed by atoms with Crippen LogP contribution in [-0.2, 0) is 0 Å². The molecule has 0 nitrogen and oxygen atoms in total. The Morgan fingerprint density at radius 3 is 0.885 bits per heavy atom. The molecule has 0 unspecified atom stereocenters. The monoisotopic (exact) mass is 406 g/mol. The largest absolute Gasteiger partial charge is 0.203 e. The van der Waals surface area contributed by atoms with E-state index in [1.165, 1.54) is 0 Å². The Labute approximate surface area is 140 Å². The SMILES string of the molecule is C=C(C)P(c1c(F)c(F)c(F)c(F)c1F)c1c(F)c(F)c(F)c(F)c1F. The van der Waals surface area contributed by atoms with Crippen LogP contribution in [0, 0.1) is 58.2 Å². The Kier molecular flexibility index (Phi) is 5.37. The zero-order valence-electron chi connectivity index (χ0n) is 12.4. The highest BCUT2D eigenvalue weighted by Gasteiger charge is 2.37. The molecule has 0 spiro atoms. The van der Waals surface area contributed by atoms with Crippen molar-refractivity contribution in [3.63, 3.8) is 0 Å². The van der Waals surface area contributed by atoms with Gasteiger partial charge in [-0.3, -0.25) is 0 Å². The predicted octanol–water partition coefficient (Wildman–Crippen LogP) is 5.04. The van der Waals surface area contributed by atoms with Gasteiger partial charge in [-0.2, -0.15) is 0 Å². The van der Waals surface area contributed by atoms with Crippen LogP contribution in [-0.4, -0.2) is 0 Å². The fraction of sp³-hybridized carbons (Fsp3) is 0.0667.